The highest BCUT2D eigenvalue weighted by atomic mass is 79.9. The molecule has 1 aromatic rings. The van der Waals surface area contributed by atoms with Crippen molar-refractivity contribution in [3.8, 4) is 5.75 Å². The molecule has 1 aromatic carbocycles. The lowest BCUT2D eigenvalue weighted by atomic mass is 10.1. The SMILES string of the molecule is CC1(C)OC[C@H](CN2CC(Oc3ccc(Br)cc3)C2)O1. The van der Waals surface area contributed by atoms with Gasteiger partial charge in [-0.05, 0) is 38.1 Å². The van der Waals surface area contributed by atoms with Crippen LogP contribution < -0.4 is 4.74 Å². The molecule has 3 rings (SSSR count). The number of rotatable bonds is 4. The van der Waals surface area contributed by atoms with Crippen LogP contribution in [0, 0.1) is 0 Å². The van der Waals surface area contributed by atoms with E-state index in [0.29, 0.717) is 6.61 Å². The predicted octanol–water partition coefficient (Wildman–Crippen LogP) is 2.66. The molecule has 20 heavy (non-hydrogen) atoms. The first-order valence-corrected chi connectivity index (χ1v) is 7.76. The minimum absolute atomic E-state index is 0.179. The molecular formula is C15H20BrNO3. The Morgan fingerprint density at radius 2 is 2.00 bits per heavy atom. The Balaban J connectivity index is 1.40. The molecule has 2 aliphatic heterocycles. The molecule has 0 unspecified atom stereocenters. The van der Waals surface area contributed by atoms with E-state index >= 15 is 0 Å². The van der Waals surface area contributed by atoms with Crippen LogP contribution >= 0.6 is 15.9 Å². The smallest absolute Gasteiger partial charge is 0.163 e. The third-order valence-electron chi connectivity index (χ3n) is 3.57. The number of benzene rings is 1. The molecule has 0 amide bonds. The number of ether oxygens (including phenoxy) is 3. The summed E-state index contributed by atoms with van der Waals surface area (Å²) in [6.07, 6.45) is 0.463. The van der Waals surface area contributed by atoms with E-state index in [1.54, 1.807) is 0 Å². The Kier molecular flexibility index (Phi) is 4.04. The lowest BCUT2D eigenvalue weighted by Gasteiger charge is -2.40. The zero-order chi connectivity index (χ0) is 14.2. The third kappa shape index (κ3) is 3.52. The van der Waals surface area contributed by atoms with Crippen LogP contribution in [0.4, 0.5) is 0 Å². The number of likely N-dealkylation sites (tertiary alicyclic amines) is 1. The first kappa shape index (κ1) is 14.3. The van der Waals surface area contributed by atoms with Crippen LogP contribution in [0.5, 0.6) is 5.75 Å². The van der Waals surface area contributed by atoms with Gasteiger partial charge in [-0.1, -0.05) is 15.9 Å². The van der Waals surface area contributed by atoms with E-state index in [4.69, 9.17) is 14.2 Å². The van der Waals surface area contributed by atoms with Gasteiger partial charge >= 0.3 is 0 Å². The summed E-state index contributed by atoms with van der Waals surface area (Å²) in [5.41, 5.74) is 0. The van der Waals surface area contributed by atoms with E-state index < -0.39 is 5.79 Å². The van der Waals surface area contributed by atoms with Gasteiger partial charge in [-0.25, -0.2) is 0 Å². The lowest BCUT2D eigenvalue weighted by Crippen LogP contribution is -2.56. The Bertz CT molecular complexity index is 457. The average Bonchev–Trinajstić information content (AvgIpc) is 2.69. The van der Waals surface area contributed by atoms with Crippen LogP contribution in [0.15, 0.2) is 28.7 Å². The van der Waals surface area contributed by atoms with Crippen LogP contribution in [0.2, 0.25) is 0 Å². The lowest BCUT2D eigenvalue weighted by molar-refractivity contribution is -0.143. The van der Waals surface area contributed by atoms with Gasteiger partial charge in [-0.2, -0.15) is 0 Å². The van der Waals surface area contributed by atoms with Crippen molar-refractivity contribution < 1.29 is 14.2 Å². The Labute approximate surface area is 128 Å². The average molecular weight is 342 g/mol. The molecule has 2 saturated heterocycles. The fourth-order valence-electron chi connectivity index (χ4n) is 2.59. The largest absolute Gasteiger partial charge is 0.488 e. The number of halogens is 1. The fourth-order valence-corrected chi connectivity index (χ4v) is 2.86. The zero-order valence-corrected chi connectivity index (χ0v) is 13.4. The Morgan fingerprint density at radius 1 is 1.30 bits per heavy atom. The summed E-state index contributed by atoms with van der Waals surface area (Å²) in [4.78, 5) is 2.35. The van der Waals surface area contributed by atoms with E-state index in [1.165, 1.54) is 0 Å². The van der Waals surface area contributed by atoms with Gasteiger partial charge in [0.1, 0.15) is 11.9 Å². The van der Waals surface area contributed by atoms with Crippen molar-refractivity contribution in [1.29, 1.82) is 0 Å². The summed E-state index contributed by atoms with van der Waals surface area (Å²) in [5, 5.41) is 0. The Hall–Kier alpha value is -0.620. The summed E-state index contributed by atoms with van der Waals surface area (Å²) in [6, 6.07) is 7.97. The van der Waals surface area contributed by atoms with Crippen molar-refractivity contribution in [2.24, 2.45) is 0 Å². The van der Waals surface area contributed by atoms with E-state index in [0.717, 1.165) is 29.9 Å². The van der Waals surface area contributed by atoms with E-state index in [-0.39, 0.29) is 12.2 Å². The summed E-state index contributed by atoms with van der Waals surface area (Å²) >= 11 is 3.42. The van der Waals surface area contributed by atoms with Crippen molar-refractivity contribution >= 4 is 15.9 Å². The highest BCUT2D eigenvalue weighted by molar-refractivity contribution is 9.10. The predicted molar refractivity (Wildman–Crippen MR) is 79.9 cm³/mol. The summed E-state index contributed by atoms with van der Waals surface area (Å²) in [5.74, 6) is 0.502. The van der Waals surface area contributed by atoms with Gasteiger partial charge < -0.3 is 14.2 Å². The number of hydrogen-bond donors (Lipinski definition) is 0. The van der Waals surface area contributed by atoms with Crippen LogP contribution in [0.25, 0.3) is 0 Å². The van der Waals surface area contributed by atoms with Gasteiger partial charge in [0.05, 0.1) is 12.7 Å². The molecular weight excluding hydrogens is 322 g/mol. The van der Waals surface area contributed by atoms with Gasteiger partial charge in [0.2, 0.25) is 0 Å². The minimum atomic E-state index is -0.428. The number of nitrogens with zero attached hydrogens (tertiary/aromatic N) is 1. The van der Waals surface area contributed by atoms with Crippen molar-refractivity contribution in [3.05, 3.63) is 28.7 Å². The molecule has 0 saturated carbocycles. The van der Waals surface area contributed by atoms with Crippen molar-refractivity contribution in [2.45, 2.75) is 31.8 Å². The quantitative estimate of drug-likeness (QED) is 0.842. The molecule has 0 radical (unpaired) electrons. The standard InChI is InChI=1S/C15H20BrNO3/c1-15(2)18-10-14(20-15)9-17-7-13(8-17)19-12-5-3-11(16)4-6-12/h3-6,13-14H,7-10H2,1-2H3/t14-/m0/s1. The highest BCUT2D eigenvalue weighted by Gasteiger charge is 2.37. The first-order chi connectivity index (χ1) is 9.50. The van der Waals surface area contributed by atoms with Gasteiger partial charge in [0, 0.05) is 24.1 Å². The molecule has 2 heterocycles. The number of hydrogen-bond acceptors (Lipinski definition) is 4. The fraction of sp³-hybridized carbons (Fsp3) is 0.600. The molecule has 2 aliphatic rings. The maximum atomic E-state index is 5.91. The van der Waals surface area contributed by atoms with Gasteiger partial charge in [-0.3, -0.25) is 4.90 Å². The molecule has 4 nitrogen and oxygen atoms in total. The van der Waals surface area contributed by atoms with Crippen molar-refractivity contribution in [3.63, 3.8) is 0 Å². The maximum absolute atomic E-state index is 5.91. The second kappa shape index (κ2) is 5.64. The molecule has 0 N–H and O–H groups in total. The van der Waals surface area contributed by atoms with E-state index in [2.05, 4.69) is 20.8 Å². The van der Waals surface area contributed by atoms with E-state index in [1.807, 2.05) is 38.1 Å². The first-order valence-electron chi connectivity index (χ1n) is 6.96. The van der Waals surface area contributed by atoms with Crippen LogP contribution in [-0.4, -0.2) is 49.1 Å². The summed E-state index contributed by atoms with van der Waals surface area (Å²) in [6.45, 7) is 7.43. The second-order valence-electron chi connectivity index (χ2n) is 5.86. The second-order valence-corrected chi connectivity index (χ2v) is 6.78. The van der Waals surface area contributed by atoms with Gasteiger partial charge in [0.15, 0.2) is 5.79 Å². The molecule has 0 aliphatic carbocycles. The van der Waals surface area contributed by atoms with Crippen LogP contribution in [0.3, 0.4) is 0 Å². The summed E-state index contributed by atoms with van der Waals surface area (Å²) in [7, 11) is 0. The molecule has 0 aromatic heterocycles. The van der Waals surface area contributed by atoms with Crippen molar-refractivity contribution in [2.75, 3.05) is 26.2 Å². The minimum Gasteiger partial charge on any atom is -0.488 e. The van der Waals surface area contributed by atoms with E-state index in [9.17, 15) is 0 Å². The third-order valence-corrected chi connectivity index (χ3v) is 4.10. The van der Waals surface area contributed by atoms with Crippen LogP contribution in [-0.2, 0) is 9.47 Å². The highest BCUT2D eigenvalue weighted by Crippen LogP contribution is 2.25. The molecule has 0 spiro atoms. The Morgan fingerprint density at radius 3 is 2.60 bits per heavy atom. The summed E-state index contributed by atoms with van der Waals surface area (Å²) < 4.78 is 18.4. The molecule has 0 bridgehead atoms. The molecule has 5 heteroatoms. The molecule has 2 fully saturated rings. The zero-order valence-electron chi connectivity index (χ0n) is 11.8. The topological polar surface area (TPSA) is 30.9 Å². The van der Waals surface area contributed by atoms with Gasteiger partial charge in [-0.15, -0.1) is 0 Å². The van der Waals surface area contributed by atoms with Crippen molar-refractivity contribution in [1.82, 2.24) is 4.90 Å². The van der Waals surface area contributed by atoms with Crippen LogP contribution in [0.1, 0.15) is 13.8 Å². The normalized spacial score (nSPS) is 26.4. The monoisotopic (exact) mass is 341 g/mol. The molecule has 110 valence electrons. The molecule has 1 atom stereocenters. The van der Waals surface area contributed by atoms with Gasteiger partial charge in [0.25, 0.3) is 0 Å². The maximum Gasteiger partial charge on any atom is 0.163 e.